The summed E-state index contributed by atoms with van der Waals surface area (Å²) in [5, 5.41) is 1.45. The summed E-state index contributed by atoms with van der Waals surface area (Å²) in [7, 11) is 0. The SMILES string of the molecule is [2H]c1c([2H])c([2H])c2c(c1[2H])Oc1c([2H])c([2H])c(-c3c([2H])c([2H])c([2H])c(-n4c5ccccc5c5ccccc54)c3[2H])c([2H])c1C2(C([2H])([2H])[2H])C([2H])([2H])[2H]. The summed E-state index contributed by atoms with van der Waals surface area (Å²) in [4.78, 5) is 0. The lowest BCUT2D eigenvalue weighted by Crippen LogP contribution is -2.24. The van der Waals surface area contributed by atoms with Crippen LogP contribution in [0.5, 0.6) is 11.5 Å². The Hall–Kier alpha value is -4.30. The van der Waals surface area contributed by atoms with Gasteiger partial charge in [0.1, 0.15) is 11.5 Å². The van der Waals surface area contributed by atoms with Crippen molar-refractivity contribution < 1.29 is 28.0 Å². The monoisotopic (exact) mass is 468 g/mol. The van der Waals surface area contributed by atoms with Crippen LogP contribution < -0.4 is 4.74 Å². The molecule has 0 saturated heterocycles. The van der Waals surface area contributed by atoms with Crippen LogP contribution in [-0.2, 0) is 5.41 Å². The van der Waals surface area contributed by atoms with E-state index in [1.54, 1.807) is 36.4 Å². The Labute approximate surface area is 228 Å². The molecule has 0 saturated carbocycles. The van der Waals surface area contributed by atoms with Gasteiger partial charge in [-0.15, -0.1) is 0 Å². The predicted molar refractivity (Wildman–Crippen MR) is 145 cm³/mol. The number of para-hydroxylation sites is 3. The van der Waals surface area contributed by atoms with Crippen molar-refractivity contribution in [3.05, 3.63) is 126 Å². The number of fused-ring (bicyclic) bond motifs is 5. The zero-order valence-corrected chi connectivity index (χ0v) is 18.0. The van der Waals surface area contributed by atoms with Gasteiger partial charge < -0.3 is 9.30 Å². The number of hydrogen-bond acceptors (Lipinski definition) is 1. The van der Waals surface area contributed by atoms with Gasteiger partial charge in [0.2, 0.25) is 0 Å². The van der Waals surface area contributed by atoms with Crippen molar-refractivity contribution in [2.75, 3.05) is 0 Å². The molecule has 7 rings (SSSR count). The topological polar surface area (TPSA) is 14.2 Å². The van der Waals surface area contributed by atoms with Crippen LogP contribution in [0.2, 0.25) is 0 Å². The Bertz CT molecular complexity index is 2480. The van der Waals surface area contributed by atoms with Gasteiger partial charge >= 0.3 is 0 Å². The molecule has 35 heavy (non-hydrogen) atoms. The van der Waals surface area contributed by atoms with E-state index in [1.807, 2.05) is 12.1 Å². The quantitative estimate of drug-likeness (QED) is 0.247. The Morgan fingerprint density at radius 2 is 1.37 bits per heavy atom. The molecule has 0 atom stereocenters. The first kappa shape index (κ1) is 9.39. The molecule has 2 heteroatoms. The molecule has 0 radical (unpaired) electrons. The highest BCUT2D eigenvalue weighted by molar-refractivity contribution is 6.09. The number of nitrogens with zero attached hydrogens (tertiary/aromatic N) is 1. The number of rotatable bonds is 2. The van der Waals surface area contributed by atoms with E-state index >= 15 is 0 Å². The maximum Gasteiger partial charge on any atom is 0.131 e. The Morgan fingerprint density at radius 3 is 2.14 bits per heavy atom. The predicted octanol–water partition coefficient (Wildman–Crippen LogP) is 8.88. The highest BCUT2D eigenvalue weighted by Crippen LogP contribution is 2.48. The van der Waals surface area contributed by atoms with E-state index in [1.165, 1.54) is 4.57 Å². The van der Waals surface area contributed by atoms with E-state index in [0.717, 1.165) is 10.8 Å². The minimum atomic E-state index is -3.72. The molecule has 0 N–H and O–H groups in total. The first-order valence-electron chi connectivity index (χ1n) is 19.2. The lowest BCUT2D eigenvalue weighted by atomic mass is 9.75. The average molecular weight is 469 g/mol. The minimum Gasteiger partial charge on any atom is -0.457 e. The third-order valence-corrected chi connectivity index (χ3v) is 6.05. The fourth-order valence-corrected chi connectivity index (χ4v) is 4.46. The highest BCUT2D eigenvalue weighted by Gasteiger charge is 2.34. The molecule has 1 aliphatic rings. The van der Waals surface area contributed by atoms with Crippen molar-refractivity contribution in [1.29, 1.82) is 0 Å². The van der Waals surface area contributed by atoms with Crippen LogP contribution in [0.15, 0.2) is 115 Å². The van der Waals surface area contributed by atoms with Crippen molar-refractivity contribution in [2.24, 2.45) is 0 Å². The molecule has 0 fully saturated rings. The smallest absolute Gasteiger partial charge is 0.131 e. The molecule has 0 amide bonds. The van der Waals surface area contributed by atoms with Crippen LogP contribution in [0.4, 0.5) is 0 Å². The first-order chi connectivity index (χ1) is 24.2. The van der Waals surface area contributed by atoms with Crippen molar-refractivity contribution >= 4 is 21.8 Å². The Balaban J connectivity index is 1.68. The van der Waals surface area contributed by atoms with Gasteiger partial charge in [0.15, 0.2) is 0 Å². The normalized spacial score (nSPS) is 21.5. The summed E-state index contributed by atoms with van der Waals surface area (Å²) in [6.07, 6.45) is 0. The van der Waals surface area contributed by atoms with E-state index in [2.05, 4.69) is 0 Å². The molecule has 1 aromatic heterocycles. The lowest BCUT2D eigenvalue weighted by molar-refractivity contribution is 0.418. The molecular weight excluding hydrogens is 426 g/mol. The largest absolute Gasteiger partial charge is 0.457 e. The standard InChI is InChI=1S/C33H25NO/c1-33(2)27-14-5-8-17-31(27)35-32-19-18-23(21-28(32)33)22-10-9-11-24(20-22)34-29-15-6-3-12-25(29)26-13-4-7-16-30(26)34/h3-21H,1-2H3/i1D3,2D3,5D,8D,9D,10D,11D,14D,17D,18D,19D,20D,21D. The fourth-order valence-electron chi connectivity index (χ4n) is 4.46. The van der Waals surface area contributed by atoms with E-state index in [9.17, 15) is 2.74 Å². The number of aromatic nitrogens is 1. The number of benzene rings is 5. The van der Waals surface area contributed by atoms with E-state index in [0.29, 0.717) is 11.0 Å². The fraction of sp³-hybridized carbons (Fsp3) is 0.0909. The second kappa shape index (κ2) is 7.35. The zero-order valence-electron chi connectivity index (χ0n) is 35.0. The molecule has 6 aromatic rings. The van der Waals surface area contributed by atoms with Crippen molar-refractivity contribution in [3.8, 4) is 28.3 Å². The first-order valence-corrected chi connectivity index (χ1v) is 10.7. The van der Waals surface area contributed by atoms with Crippen LogP contribution in [0, 0.1) is 0 Å². The van der Waals surface area contributed by atoms with Crippen LogP contribution in [0.3, 0.4) is 0 Å². The van der Waals surface area contributed by atoms with E-state index in [4.69, 9.17) is 25.3 Å². The van der Waals surface area contributed by atoms with Gasteiger partial charge in [-0.05, 0) is 53.5 Å². The van der Waals surface area contributed by atoms with Crippen molar-refractivity contribution in [3.63, 3.8) is 0 Å². The highest BCUT2D eigenvalue weighted by atomic mass is 16.5. The molecule has 5 aromatic carbocycles. The molecule has 0 aliphatic carbocycles. The summed E-state index contributed by atoms with van der Waals surface area (Å²) < 4.78 is 156. The lowest BCUT2D eigenvalue weighted by Gasteiger charge is -2.34. The molecular formula is C33H25NO. The Morgan fingerprint density at radius 1 is 0.686 bits per heavy atom. The molecule has 0 bridgehead atoms. The summed E-state index contributed by atoms with van der Waals surface area (Å²) in [5.41, 5.74) is -6.08. The molecule has 1 aliphatic heterocycles. The third kappa shape index (κ3) is 2.96. The minimum absolute atomic E-state index is 0.231. The van der Waals surface area contributed by atoms with Gasteiger partial charge in [0.25, 0.3) is 0 Å². The molecule has 0 unspecified atom stereocenters. The van der Waals surface area contributed by atoms with E-state index < -0.39 is 119 Å². The summed E-state index contributed by atoms with van der Waals surface area (Å²) in [5.74, 6) is -1.82. The summed E-state index contributed by atoms with van der Waals surface area (Å²) in [6.45, 7) is -7.44. The molecule has 0 spiro atoms. The maximum atomic E-state index is 9.44. The molecule has 2 nitrogen and oxygen atoms in total. The van der Waals surface area contributed by atoms with Gasteiger partial charge in [0, 0.05) is 41.2 Å². The van der Waals surface area contributed by atoms with Crippen LogP contribution in [0.1, 0.15) is 48.1 Å². The third-order valence-electron chi connectivity index (χ3n) is 6.05. The second-order valence-corrected chi connectivity index (χ2v) is 8.10. The van der Waals surface area contributed by atoms with Crippen molar-refractivity contribution in [1.82, 2.24) is 4.57 Å². The average Bonchev–Trinajstić information content (AvgIpc) is 3.41. The van der Waals surface area contributed by atoms with Gasteiger partial charge in [-0.3, -0.25) is 0 Å². The van der Waals surface area contributed by atoms with E-state index in [-0.39, 0.29) is 5.69 Å². The van der Waals surface area contributed by atoms with Crippen molar-refractivity contribution in [2.45, 2.75) is 19.1 Å². The van der Waals surface area contributed by atoms with Gasteiger partial charge in [0.05, 0.1) is 26.1 Å². The zero-order chi connectivity index (χ0) is 38.1. The van der Waals surface area contributed by atoms with Crippen LogP contribution in [-0.4, -0.2) is 4.57 Å². The van der Waals surface area contributed by atoms with Crippen LogP contribution in [0.25, 0.3) is 38.6 Å². The number of ether oxygens (including phenoxy) is 1. The van der Waals surface area contributed by atoms with Gasteiger partial charge in [-0.1, -0.05) is 86.4 Å². The van der Waals surface area contributed by atoms with Gasteiger partial charge in [-0.2, -0.15) is 0 Å². The second-order valence-electron chi connectivity index (χ2n) is 8.10. The molecule has 168 valence electrons. The maximum absolute atomic E-state index is 9.44. The Kier molecular flexibility index (Phi) is 1.97. The molecule has 2 heterocycles. The van der Waals surface area contributed by atoms with Crippen LogP contribution >= 0.6 is 0 Å². The number of hydrogen-bond donors (Lipinski definition) is 0. The summed E-state index contributed by atoms with van der Waals surface area (Å²) in [6, 6.07) is 4.49. The van der Waals surface area contributed by atoms with Gasteiger partial charge in [-0.25, -0.2) is 0 Å². The summed E-state index contributed by atoms with van der Waals surface area (Å²) >= 11 is 0.